The van der Waals surface area contributed by atoms with Gasteiger partial charge in [-0.3, -0.25) is 4.79 Å². The van der Waals surface area contributed by atoms with Gasteiger partial charge in [-0.2, -0.15) is 0 Å². The minimum absolute atomic E-state index is 0.411. The van der Waals surface area contributed by atoms with Crippen LogP contribution in [0.15, 0.2) is 18.2 Å². The van der Waals surface area contributed by atoms with E-state index in [-0.39, 0.29) is 0 Å². The fourth-order valence-electron chi connectivity index (χ4n) is 1.55. The summed E-state index contributed by atoms with van der Waals surface area (Å²) >= 11 is 0. The van der Waals surface area contributed by atoms with Gasteiger partial charge in [-0.1, -0.05) is 0 Å². The maximum Gasteiger partial charge on any atom is 0.255 e. The van der Waals surface area contributed by atoms with Gasteiger partial charge in [0.2, 0.25) is 0 Å². The smallest absolute Gasteiger partial charge is 0.255 e. The van der Waals surface area contributed by atoms with E-state index in [1.54, 1.807) is 6.07 Å². The number of hydrogen-bond acceptors (Lipinski definition) is 3. The highest BCUT2D eigenvalue weighted by molar-refractivity contribution is 5.96. The number of nitrogens with one attached hydrogen (secondary N) is 1. The average molecular weight is 221 g/mol. The number of fused-ring (bicyclic) bond motifs is 1. The molecule has 2 N–H and O–H groups in total. The lowest BCUT2D eigenvalue weighted by atomic mass is 10.1. The molecule has 0 spiro atoms. The molecule has 0 fully saturated rings. The number of hydrogen-bond donors (Lipinski definition) is 2. The van der Waals surface area contributed by atoms with Crippen molar-refractivity contribution in [2.24, 2.45) is 0 Å². The number of benzene rings is 1. The molecule has 0 aliphatic carbocycles. The van der Waals surface area contributed by atoms with Gasteiger partial charge in [-0.25, -0.2) is 0 Å². The van der Waals surface area contributed by atoms with Crippen molar-refractivity contribution in [1.82, 2.24) is 0 Å². The molecule has 0 saturated carbocycles. The zero-order valence-corrected chi connectivity index (χ0v) is 9.41. The van der Waals surface area contributed by atoms with Gasteiger partial charge in [0.25, 0.3) is 5.91 Å². The van der Waals surface area contributed by atoms with Gasteiger partial charge in [0.1, 0.15) is 11.4 Å². The van der Waals surface area contributed by atoms with Gasteiger partial charge in [0.15, 0.2) is 0 Å². The minimum Gasteiger partial charge on any atom is -0.493 e. The number of aliphatic hydroxyl groups is 1. The molecule has 1 aromatic carbocycles. The van der Waals surface area contributed by atoms with E-state index in [1.807, 2.05) is 12.1 Å². The van der Waals surface area contributed by atoms with E-state index in [0.29, 0.717) is 12.3 Å². The second-order valence-corrected chi connectivity index (χ2v) is 4.43. The fraction of sp³-hybridized carbons (Fsp3) is 0.417. The predicted octanol–water partition coefficient (Wildman–Crippen LogP) is 1.33. The second kappa shape index (κ2) is 3.79. The summed E-state index contributed by atoms with van der Waals surface area (Å²) in [5, 5.41) is 12.2. The second-order valence-electron chi connectivity index (χ2n) is 4.43. The highest BCUT2D eigenvalue weighted by atomic mass is 16.5. The number of carbonyl (C=O) groups excluding carboxylic acids is 1. The van der Waals surface area contributed by atoms with Crippen molar-refractivity contribution in [3.05, 3.63) is 23.8 Å². The first kappa shape index (κ1) is 11.0. The van der Waals surface area contributed by atoms with Crippen LogP contribution in [0.1, 0.15) is 19.4 Å². The van der Waals surface area contributed by atoms with Crippen molar-refractivity contribution in [3.63, 3.8) is 0 Å². The zero-order valence-electron chi connectivity index (χ0n) is 9.41. The van der Waals surface area contributed by atoms with Gasteiger partial charge in [-0.15, -0.1) is 0 Å². The summed E-state index contributed by atoms with van der Waals surface area (Å²) < 4.78 is 5.36. The Balaban J connectivity index is 2.14. The van der Waals surface area contributed by atoms with Gasteiger partial charge in [0.05, 0.1) is 6.61 Å². The lowest BCUT2D eigenvalue weighted by molar-refractivity contribution is -0.130. The van der Waals surface area contributed by atoms with Crippen molar-refractivity contribution in [3.8, 4) is 5.75 Å². The summed E-state index contributed by atoms with van der Waals surface area (Å²) in [6.07, 6.45) is 0.863. The maximum atomic E-state index is 11.5. The molecule has 1 amide bonds. The van der Waals surface area contributed by atoms with E-state index < -0.39 is 11.5 Å². The third-order valence-corrected chi connectivity index (χ3v) is 2.50. The molecule has 0 saturated heterocycles. The molecular formula is C12H15NO3. The Morgan fingerprint density at radius 3 is 2.94 bits per heavy atom. The minimum atomic E-state index is -1.37. The van der Waals surface area contributed by atoms with Crippen LogP contribution in [-0.4, -0.2) is 23.2 Å². The standard InChI is InChI=1S/C12H15NO3/c1-12(2,15)11(14)13-9-3-4-10-8(7-9)5-6-16-10/h3-4,7,15H,5-6H2,1-2H3,(H,13,14). The first-order valence-corrected chi connectivity index (χ1v) is 5.26. The van der Waals surface area contributed by atoms with Crippen LogP contribution in [0.5, 0.6) is 5.75 Å². The van der Waals surface area contributed by atoms with Crippen LogP contribution in [0, 0.1) is 0 Å². The Labute approximate surface area is 94.2 Å². The van der Waals surface area contributed by atoms with E-state index in [4.69, 9.17) is 4.74 Å². The Morgan fingerprint density at radius 2 is 2.25 bits per heavy atom. The summed E-state index contributed by atoms with van der Waals surface area (Å²) in [4.78, 5) is 11.5. The van der Waals surface area contributed by atoms with Crippen LogP contribution in [-0.2, 0) is 11.2 Å². The van der Waals surface area contributed by atoms with Crippen LogP contribution in [0.4, 0.5) is 5.69 Å². The molecule has 0 atom stereocenters. The molecule has 0 unspecified atom stereocenters. The fourth-order valence-corrected chi connectivity index (χ4v) is 1.55. The monoisotopic (exact) mass is 221 g/mol. The van der Waals surface area contributed by atoms with Crippen molar-refractivity contribution in [1.29, 1.82) is 0 Å². The van der Waals surface area contributed by atoms with Crippen molar-refractivity contribution >= 4 is 11.6 Å². The molecule has 0 bridgehead atoms. The lowest BCUT2D eigenvalue weighted by Crippen LogP contribution is -2.36. The van der Waals surface area contributed by atoms with Crippen LogP contribution >= 0.6 is 0 Å². The summed E-state index contributed by atoms with van der Waals surface area (Å²) in [7, 11) is 0. The highest BCUT2D eigenvalue weighted by Crippen LogP contribution is 2.28. The SMILES string of the molecule is CC(C)(O)C(=O)Nc1ccc2c(c1)CCO2. The Morgan fingerprint density at radius 1 is 1.50 bits per heavy atom. The summed E-state index contributed by atoms with van der Waals surface area (Å²) in [6, 6.07) is 5.49. The largest absolute Gasteiger partial charge is 0.493 e. The van der Waals surface area contributed by atoms with Crippen LogP contribution in [0.2, 0.25) is 0 Å². The molecule has 1 aliphatic heterocycles. The van der Waals surface area contributed by atoms with Crippen LogP contribution < -0.4 is 10.1 Å². The molecule has 1 heterocycles. The van der Waals surface area contributed by atoms with E-state index in [1.165, 1.54) is 13.8 Å². The van der Waals surface area contributed by atoms with Gasteiger partial charge in [-0.05, 0) is 37.6 Å². The molecule has 16 heavy (non-hydrogen) atoms. The summed E-state index contributed by atoms with van der Waals surface area (Å²) in [6.45, 7) is 3.61. The molecule has 1 aliphatic rings. The van der Waals surface area contributed by atoms with E-state index in [0.717, 1.165) is 17.7 Å². The topological polar surface area (TPSA) is 58.6 Å². The van der Waals surface area contributed by atoms with Crippen LogP contribution in [0.3, 0.4) is 0 Å². The third-order valence-electron chi connectivity index (χ3n) is 2.50. The Bertz CT molecular complexity index is 421. The summed E-state index contributed by atoms with van der Waals surface area (Å²) in [5.74, 6) is 0.465. The van der Waals surface area contributed by atoms with Crippen molar-refractivity contribution < 1.29 is 14.6 Å². The molecule has 4 nitrogen and oxygen atoms in total. The third kappa shape index (κ3) is 2.17. The number of amides is 1. The lowest BCUT2D eigenvalue weighted by Gasteiger charge is -2.16. The van der Waals surface area contributed by atoms with Gasteiger partial charge < -0.3 is 15.2 Å². The molecule has 4 heteroatoms. The molecule has 2 rings (SSSR count). The molecule has 86 valence electrons. The number of carbonyl (C=O) groups is 1. The quantitative estimate of drug-likeness (QED) is 0.792. The Kier molecular flexibility index (Phi) is 2.59. The normalized spacial score (nSPS) is 14.2. The number of ether oxygens (including phenoxy) is 1. The highest BCUT2D eigenvalue weighted by Gasteiger charge is 2.24. The maximum absolute atomic E-state index is 11.5. The number of rotatable bonds is 2. The van der Waals surface area contributed by atoms with Crippen LogP contribution in [0.25, 0.3) is 0 Å². The molecule has 0 aromatic heterocycles. The molecule has 0 radical (unpaired) electrons. The van der Waals surface area contributed by atoms with Gasteiger partial charge >= 0.3 is 0 Å². The van der Waals surface area contributed by atoms with E-state index >= 15 is 0 Å². The van der Waals surface area contributed by atoms with E-state index in [2.05, 4.69) is 5.32 Å². The van der Waals surface area contributed by atoms with Crippen molar-refractivity contribution in [2.75, 3.05) is 11.9 Å². The van der Waals surface area contributed by atoms with Gasteiger partial charge in [0, 0.05) is 12.1 Å². The zero-order chi connectivity index (χ0) is 11.8. The van der Waals surface area contributed by atoms with E-state index in [9.17, 15) is 9.90 Å². The first-order valence-electron chi connectivity index (χ1n) is 5.26. The molecule has 1 aromatic rings. The van der Waals surface area contributed by atoms with Crippen molar-refractivity contribution in [2.45, 2.75) is 25.9 Å². The number of anilines is 1. The summed E-state index contributed by atoms with van der Waals surface area (Å²) in [5.41, 5.74) is 0.417. The predicted molar refractivity (Wildman–Crippen MR) is 60.6 cm³/mol. The first-order chi connectivity index (χ1) is 7.47. The molecular weight excluding hydrogens is 206 g/mol. The Hall–Kier alpha value is -1.55. The average Bonchev–Trinajstić information content (AvgIpc) is 2.63.